The van der Waals surface area contributed by atoms with E-state index in [0.29, 0.717) is 10.8 Å². The number of ether oxygens (including phenoxy) is 2. The number of nitrogens with zero attached hydrogens (tertiary/aromatic N) is 1. The van der Waals surface area contributed by atoms with E-state index in [1.165, 1.54) is 7.05 Å². The first-order chi connectivity index (χ1) is 11.8. The van der Waals surface area contributed by atoms with Crippen LogP contribution >= 0.6 is 0 Å². The lowest BCUT2D eigenvalue weighted by molar-refractivity contribution is -0.126. The average Bonchev–Trinajstić information content (AvgIpc) is 2.58. The van der Waals surface area contributed by atoms with Crippen molar-refractivity contribution in [2.24, 2.45) is 0 Å². The van der Waals surface area contributed by atoms with E-state index >= 15 is 0 Å². The molecule has 0 spiro atoms. The molecule has 1 aromatic heterocycles. The van der Waals surface area contributed by atoms with Gasteiger partial charge in [0, 0.05) is 19.9 Å². The first-order valence-electron chi connectivity index (χ1n) is 7.09. The Morgan fingerprint density at radius 1 is 1.20 bits per heavy atom. The molecule has 3 N–H and O–H groups in total. The molecule has 1 aromatic rings. The Morgan fingerprint density at radius 3 is 2.56 bits per heavy atom. The van der Waals surface area contributed by atoms with Gasteiger partial charge in [-0.25, -0.2) is 9.59 Å². The molecular weight excluding hydrogens is 343 g/mol. The maximum Gasteiger partial charge on any atom is 0.510 e. The predicted octanol–water partition coefficient (Wildman–Crippen LogP) is -1.57. The maximum absolute atomic E-state index is 13.0. The zero-order valence-electron chi connectivity index (χ0n) is 13.3. The normalized spacial score (nSPS) is 10.0. The number of aromatic nitrogens is 2. The zero-order chi connectivity index (χ0) is 18.8. The summed E-state index contributed by atoms with van der Waals surface area (Å²) in [6.45, 7) is -0.877. The van der Waals surface area contributed by atoms with E-state index in [4.69, 9.17) is 0 Å². The van der Waals surface area contributed by atoms with E-state index in [0.717, 1.165) is 0 Å². The molecular formula is C13H17FN4O7. The van der Waals surface area contributed by atoms with Crippen LogP contribution in [0.1, 0.15) is 12.8 Å². The molecule has 0 aliphatic heterocycles. The molecule has 0 atom stereocenters. The Kier molecular flexibility index (Phi) is 7.82. The van der Waals surface area contributed by atoms with Crippen LogP contribution in [0.2, 0.25) is 0 Å². The predicted molar refractivity (Wildman–Crippen MR) is 80.0 cm³/mol. The molecule has 25 heavy (non-hydrogen) atoms. The van der Waals surface area contributed by atoms with Gasteiger partial charge in [0.2, 0.25) is 17.6 Å². The Bertz CT molecular complexity index is 743. The van der Waals surface area contributed by atoms with Gasteiger partial charge in [-0.2, -0.15) is 4.39 Å². The molecule has 0 aliphatic carbocycles. The van der Waals surface area contributed by atoms with Crippen LogP contribution in [0.25, 0.3) is 0 Å². The van der Waals surface area contributed by atoms with Crippen LogP contribution in [-0.4, -0.2) is 47.7 Å². The number of H-pyrrole nitrogens is 1. The van der Waals surface area contributed by atoms with Crippen molar-refractivity contribution in [3.8, 4) is 0 Å². The van der Waals surface area contributed by atoms with E-state index < -0.39 is 35.9 Å². The second-order valence-corrected chi connectivity index (χ2v) is 4.60. The SMILES string of the molecule is CNC(=O)CCC(=O)NCCOC(=O)OCn1cc(F)c(=O)[nH]c1=O. The molecule has 0 fully saturated rings. The number of hydrogen-bond donors (Lipinski definition) is 3. The highest BCUT2D eigenvalue weighted by atomic mass is 19.1. The number of aromatic amines is 1. The van der Waals surface area contributed by atoms with Gasteiger partial charge in [-0.3, -0.25) is 23.9 Å². The van der Waals surface area contributed by atoms with Crippen molar-refractivity contribution in [1.29, 1.82) is 0 Å². The van der Waals surface area contributed by atoms with Crippen molar-refractivity contribution in [1.82, 2.24) is 20.2 Å². The summed E-state index contributed by atoms with van der Waals surface area (Å²) in [6.07, 6.45) is -0.542. The molecule has 0 aromatic carbocycles. The lowest BCUT2D eigenvalue weighted by Gasteiger charge is -2.08. The third-order valence-corrected chi connectivity index (χ3v) is 2.79. The molecule has 1 rings (SSSR count). The summed E-state index contributed by atoms with van der Waals surface area (Å²) in [6, 6.07) is 0. The number of rotatable bonds is 8. The van der Waals surface area contributed by atoms with Crippen molar-refractivity contribution in [2.45, 2.75) is 19.6 Å². The van der Waals surface area contributed by atoms with Gasteiger partial charge in [0.1, 0.15) is 6.61 Å². The van der Waals surface area contributed by atoms with Gasteiger partial charge in [0.15, 0.2) is 6.73 Å². The molecule has 0 bridgehead atoms. The Balaban J connectivity index is 2.24. The summed E-state index contributed by atoms with van der Waals surface area (Å²) in [5.41, 5.74) is -2.14. The number of nitrogens with one attached hydrogen (secondary N) is 3. The first kappa shape index (κ1) is 19.9. The molecule has 2 amide bonds. The van der Waals surface area contributed by atoms with Crippen LogP contribution in [0.3, 0.4) is 0 Å². The smallest absolute Gasteiger partial charge is 0.432 e. The van der Waals surface area contributed by atoms with Crippen LogP contribution in [0, 0.1) is 5.82 Å². The summed E-state index contributed by atoms with van der Waals surface area (Å²) in [5.74, 6) is -1.88. The van der Waals surface area contributed by atoms with Gasteiger partial charge >= 0.3 is 11.8 Å². The molecule has 138 valence electrons. The summed E-state index contributed by atoms with van der Waals surface area (Å²) < 4.78 is 22.8. The van der Waals surface area contributed by atoms with Crippen molar-refractivity contribution in [3.05, 3.63) is 32.9 Å². The third kappa shape index (κ3) is 7.28. The Morgan fingerprint density at radius 2 is 1.88 bits per heavy atom. The molecule has 11 nitrogen and oxygen atoms in total. The fraction of sp³-hybridized carbons (Fsp3) is 0.462. The van der Waals surface area contributed by atoms with Crippen LogP contribution in [0.4, 0.5) is 9.18 Å². The summed E-state index contributed by atoms with van der Waals surface area (Å²) in [5, 5.41) is 4.79. The number of halogens is 1. The highest BCUT2D eigenvalue weighted by Crippen LogP contribution is 1.91. The highest BCUT2D eigenvalue weighted by Gasteiger charge is 2.09. The Labute approximate surface area is 140 Å². The largest absolute Gasteiger partial charge is 0.510 e. The molecule has 0 saturated heterocycles. The van der Waals surface area contributed by atoms with Crippen LogP contribution in [0.15, 0.2) is 15.8 Å². The minimum absolute atomic E-state index is 0.00505. The molecule has 0 unspecified atom stereocenters. The molecule has 0 radical (unpaired) electrons. The van der Waals surface area contributed by atoms with Gasteiger partial charge in [0.25, 0.3) is 5.56 Å². The first-order valence-corrected chi connectivity index (χ1v) is 7.09. The van der Waals surface area contributed by atoms with Crippen LogP contribution in [-0.2, 0) is 25.8 Å². The van der Waals surface area contributed by atoms with Gasteiger partial charge in [-0.15, -0.1) is 0 Å². The minimum Gasteiger partial charge on any atom is -0.432 e. The Hall–Kier alpha value is -3.18. The number of hydrogen-bond acceptors (Lipinski definition) is 7. The van der Waals surface area contributed by atoms with E-state index in [1.54, 1.807) is 4.98 Å². The lowest BCUT2D eigenvalue weighted by Crippen LogP contribution is -2.33. The van der Waals surface area contributed by atoms with Gasteiger partial charge in [-0.1, -0.05) is 0 Å². The van der Waals surface area contributed by atoms with Crippen LogP contribution in [0.5, 0.6) is 0 Å². The topological polar surface area (TPSA) is 149 Å². The molecule has 0 saturated carbocycles. The van der Waals surface area contributed by atoms with Crippen molar-refractivity contribution < 1.29 is 28.2 Å². The third-order valence-electron chi connectivity index (χ3n) is 2.79. The standard InChI is InChI=1S/C13H17FN4O7/c1-15-9(19)2-3-10(20)16-4-5-24-13(23)25-7-18-6-8(14)11(21)17-12(18)22/h6H,2-5,7H2,1H3,(H,15,19)(H,16,20)(H,17,21,22). The maximum atomic E-state index is 13.0. The number of amides is 2. The molecule has 0 aliphatic rings. The second-order valence-electron chi connectivity index (χ2n) is 4.60. The zero-order valence-corrected chi connectivity index (χ0v) is 13.3. The minimum atomic E-state index is -1.21. The quantitative estimate of drug-likeness (QED) is 0.374. The second kappa shape index (κ2) is 9.85. The van der Waals surface area contributed by atoms with Gasteiger partial charge in [0.05, 0.1) is 12.7 Å². The number of carbonyl (C=O) groups is 3. The summed E-state index contributed by atoms with van der Waals surface area (Å²) in [7, 11) is 1.45. The number of carbonyl (C=O) groups excluding carboxylic acids is 3. The monoisotopic (exact) mass is 360 g/mol. The van der Waals surface area contributed by atoms with Crippen molar-refractivity contribution in [3.63, 3.8) is 0 Å². The van der Waals surface area contributed by atoms with E-state index in [9.17, 15) is 28.4 Å². The fourth-order valence-electron chi connectivity index (χ4n) is 1.51. The van der Waals surface area contributed by atoms with Crippen molar-refractivity contribution >= 4 is 18.0 Å². The van der Waals surface area contributed by atoms with Gasteiger partial charge in [-0.05, 0) is 0 Å². The van der Waals surface area contributed by atoms with E-state index in [-0.39, 0.29) is 31.9 Å². The van der Waals surface area contributed by atoms with Crippen molar-refractivity contribution in [2.75, 3.05) is 20.2 Å². The van der Waals surface area contributed by atoms with Crippen LogP contribution < -0.4 is 21.9 Å². The van der Waals surface area contributed by atoms with E-state index in [2.05, 4.69) is 20.1 Å². The highest BCUT2D eigenvalue weighted by molar-refractivity contribution is 5.83. The van der Waals surface area contributed by atoms with E-state index in [1.807, 2.05) is 0 Å². The summed E-state index contributed by atoms with van der Waals surface area (Å²) >= 11 is 0. The lowest BCUT2D eigenvalue weighted by atomic mass is 10.3. The fourth-order valence-corrected chi connectivity index (χ4v) is 1.51. The molecule has 12 heteroatoms. The molecule has 1 heterocycles. The van der Waals surface area contributed by atoms with Gasteiger partial charge < -0.3 is 20.1 Å². The summed E-state index contributed by atoms with van der Waals surface area (Å²) in [4.78, 5) is 57.4. The average molecular weight is 360 g/mol.